The van der Waals surface area contributed by atoms with Gasteiger partial charge in [-0.05, 0) is 68.5 Å². The second-order valence-corrected chi connectivity index (χ2v) is 9.75. The summed E-state index contributed by atoms with van der Waals surface area (Å²) in [6.07, 6.45) is 4.98. The Kier molecular flexibility index (Phi) is 6.62. The lowest BCUT2D eigenvalue weighted by atomic mass is 10.00. The average Bonchev–Trinajstić information content (AvgIpc) is 3.24. The minimum atomic E-state index is -0.490. The number of benzene rings is 1. The quantitative estimate of drug-likeness (QED) is 0.672. The molecule has 4 rings (SSSR count). The Labute approximate surface area is 191 Å². The molecular formula is C23H26ClN3O3S. The molecule has 2 fully saturated rings. The fourth-order valence-electron chi connectivity index (χ4n) is 4.29. The number of likely N-dealkylation sites (tertiary alicyclic amines) is 1. The predicted molar refractivity (Wildman–Crippen MR) is 124 cm³/mol. The van der Waals surface area contributed by atoms with Crippen LogP contribution in [0.2, 0.25) is 4.34 Å². The monoisotopic (exact) mass is 459 g/mol. The van der Waals surface area contributed by atoms with Crippen LogP contribution in [0.5, 0.6) is 0 Å². The van der Waals surface area contributed by atoms with Crippen LogP contribution in [0.15, 0.2) is 36.4 Å². The van der Waals surface area contributed by atoms with Gasteiger partial charge < -0.3 is 14.7 Å². The lowest BCUT2D eigenvalue weighted by Gasteiger charge is -2.36. The Morgan fingerprint density at radius 3 is 2.45 bits per heavy atom. The van der Waals surface area contributed by atoms with E-state index in [1.165, 1.54) is 11.3 Å². The molecule has 8 heteroatoms. The van der Waals surface area contributed by atoms with Gasteiger partial charge in [-0.3, -0.25) is 14.4 Å². The van der Waals surface area contributed by atoms with Crippen molar-refractivity contribution in [3.63, 3.8) is 0 Å². The molecule has 164 valence electrons. The van der Waals surface area contributed by atoms with Crippen LogP contribution in [-0.2, 0) is 9.59 Å². The van der Waals surface area contributed by atoms with E-state index in [0.29, 0.717) is 28.6 Å². The molecule has 2 aliphatic heterocycles. The van der Waals surface area contributed by atoms with Crippen LogP contribution in [0.1, 0.15) is 48.2 Å². The molecule has 1 aromatic heterocycles. The number of hydrogen-bond acceptors (Lipinski definition) is 4. The van der Waals surface area contributed by atoms with Crippen molar-refractivity contribution >= 4 is 52.0 Å². The van der Waals surface area contributed by atoms with E-state index < -0.39 is 6.04 Å². The zero-order valence-corrected chi connectivity index (χ0v) is 19.1. The Hall–Kier alpha value is -2.38. The summed E-state index contributed by atoms with van der Waals surface area (Å²) in [7, 11) is 1.74. The highest BCUT2D eigenvalue weighted by Gasteiger charge is 2.35. The van der Waals surface area contributed by atoms with Crippen LogP contribution in [-0.4, -0.2) is 48.8 Å². The minimum Gasteiger partial charge on any atom is -0.326 e. The molecule has 1 aromatic carbocycles. The highest BCUT2D eigenvalue weighted by atomic mass is 35.5. The third kappa shape index (κ3) is 4.62. The number of piperidine rings is 2. The molecule has 0 bridgehead atoms. The van der Waals surface area contributed by atoms with E-state index in [2.05, 4.69) is 0 Å². The third-order valence-electron chi connectivity index (χ3n) is 6.04. The fourth-order valence-corrected chi connectivity index (χ4v) is 5.29. The van der Waals surface area contributed by atoms with Crippen molar-refractivity contribution in [2.75, 3.05) is 29.9 Å². The molecule has 0 N–H and O–H groups in total. The Balaban J connectivity index is 1.49. The molecule has 0 spiro atoms. The molecule has 3 amide bonds. The number of halogens is 1. The molecule has 2 aliphatic rings. The van der Waals surface area contributed by atoms with Gasteiger partial charge in [0, 0.05) is 37.9 Å². The lowest BCUT2D eigenvalue weighted by Crippen LogP contribution is -2.52. The van der Waals surface area contributed by atoms with E-state index in [1.807, 2.05) is 29.2 Å². The molecule has 31 heavy (non-hydrogen) atoms. The third-order valence-corrected chi connectivity index (χ3v) is 7.25. The van der Waals surface area contributed by atoms with Gasteiger partial charge in [0.2, 0.25) is 11.8 Å². The first-order chi connectivity index (χ1) is 15.0. The smallest absolute Gasteiger partial charge is 0.264 e. The van der Waals surface area contributed by atoms with Gasteiger partial charge in [-0.2, -0.15) is 0 Å². The molecule has 3 heterocycles. The van der Waals surface area contributed by atoms with E-state index in [4.69, 9.17) is 11.6 Å². The molecular weight excluding hydrogens is 434 g/mol. The standard InChI is InChI=1S/C23H26ClN3O3S/c1-25(16-8-10-17(11-9-16)26-14-5-3-7-21(26)28)22(29)18-6-2-4-15-27(18)23(30)19-12-13-20(24)31-19/h8-13,18H,2-7,14-15H2,1H3/t18-/m0/s1. The van der Waals surface area contributed by atoms with Crippen molar-refractivity contribution in [2.45, 2.75) is 44.6 Å². The molecule has 6 nitrogen and oxygen atoms in total. The normalized spacial score (nSPS) is 19.4. The van der Waals surface area contributed by atoms with Gasteiger partial charge in [0.1, 0.15) is 6.04 Å². The fraction of sp³-hybridized carbons (Fsp3) is 0.435. The van der Waals surface area contributed by atoms with Gasteiger partial charge in [0.25, 0.3) is 5.91 Å². The highest BCUT2D eigenvalue weighted by Crippen LogP contribution is 2.29. The lowest BCUT2D eigenvalue weighted by molar-refractivity contribution is -0.123. The zero-order valence-electron chi connectivity index (χ0n) is 17.6. The Morgan fingerprint density at radius 2 is 1.77 bits per heavy atom. The van der Waals surface area contributed by atoms with Gasteiger partial charge in [-0.25, -0.2) is 0 Å². The maximum Gasteiger partial charge on any atom is 0.264 e. The second-order valence-electron chi connectivity index (χ2n) is 8.03. The van der Waals surface area contributed by atoms with Gasteiger partial charge in [0.15, 0.2) is 0 Å². The Bertz CT molecular complexity index is 975. The first-order valence-electron chi connectivity index (χ1n) is 10.7. The summed E-state index contributed by atoms with van der Waals surface area (Å²) in [6.45, 7) is 1.30. The molecule has 1 atom stereocenters. The van der Waals surface area contributed by atoms with Crippen LogP contribution < -0.4 is 9.80 Å². The molecule has 2 aromatic rings. The minimum absolute atomic E-state index is 0.0995. The van der Waals surface area contributed by atoms with E-state index in [-0.39, 0.29) is 17.7 Å². The van der Waals surface area contributed by atoms with Crippen molar-refractivity contribution in [3.8, 4) is 0 Å². The number of rotatable bonds is 4. The van der Waals surface area contributed by atoms with Crippen molar-refractivity contribution in [1.29, 1.82) is 0 Å². The van der Waals surface area contributed by atoms with Crippen molar-refractivity contribution in [3.05, 3.63) is 45.6 Å². The average molecular weight is 460 g/mol. The summed E-state index contributed by atoms with van der Waals surface area (Å²) < 4.78 is 0.563. The summed E-state index contributed by atoms with van der Waals surface area (Å²) in [6, 6.07) is 10.4. The summed E-state index contributed by atoms with van der Waals surface area (Å²) in [5, 5.41) is 0. The molecule has 0 saturated carbocycles. The number of amides is 3. The van der Waals surface area contributed by atoms with Crippen LogP contribution >= 0.6 is 22.9 Å². The SMILES string of the molecule is CN(C(=O)[C@@H]1CCCCN1C(=O)c1ccc(Cl)s1)c1ccc(N2CCCCC2=O)cc1. The summed E-state index contributed by atoms with van der Waals surface area (Å²) in [4.78, 5) is 44.2. The van der Waals surface area contributed by atoms with Crippen LogP contribution in [0.3, 0.4) is 0 Å². The van der Waals surface area contributed by atoms with Crippen molar-refractivity contribution in [1.82, 2.24) is 4.90 Å². The topological polar surface area (TPSA) is 60.9 Å². The highest BCUT2D eigenvalue weighted by molar-refractivity contribution is 7.18. The summed E-state index contributed by atoms with van der Waals surface area (Å²) >= 11 is 7.24. The van der Waals surface area contributed by atoms with E-state index in [9.17, 15) is 14.4 Å². The van der Waals surface area contributed by atoms with Crippen molar-refractivity contribution < 1.29 is 14.4 Å². The maximum atomic E-state index is 13.3. The number of carbonyl (C=O) groups is 3. The first-order valence-corrected chi connectivity index (χ1v) is 11.9. The van der Waals surface area contributed by atoms with E-state index in [1.54, 1.807) is 29.0 Å². The Morgan fingerprint density at radius 1 is 1.03 bits per heavy atom. The summed E-state index contributed by atoms with van der Waals surface area (Å²) in [5.41, 5.74) is 1.61. The van der Waals surface area contributed by atoms with Gasteiger partial charge >= 0.3 is 0 Å². The molecule has 0 radical (unpaired) electrons. The number of nitrogens with zero attached hydrogens (tertiary/aromatic N) is 3. The molecule has 0 unspecified atom stereocenters. The van der Waals surface area contributed by atoms with Crippen molar-refractivity contribution in [2.24, 2.45) is 0 Å². The zero-order chi connectivity index (χ0) is 22.0. The molecule has 2 saturated heterocycles. The van der Waals surface area contributed by atoms with E-state index in [0.717, 1.165) is 43.6 Å². The van der Waals surface area contributed by atoms with Gasteiger partial charge in [-0.1, -0.05) is 11.6 Å². The van der Waals surface area contributed by atoms with Gasteiger partial charge in [-0.15, -0.1) is 11.3 Å². The molecule has 0 aliphatic carbocycles. The van der Waals surface area contributed by atoms with Crippen LogP contribution in [0, 0.1) is 0 Å². The largest absolute Gasteiger partial charge is 0.326 e. The van der Waals surface area contributed by atoms with Crippen LogP contribution in [0.25, 0.3) is 0 Å². The number of likely N-dealkylation sites (N-methyl/N-ethyl adjacent to an activating group) is 1. The van der Waals surface area contributed by atoms with E-state index >= 15 is 0 Å². The first kappa shape index (κ1) is 21.8. The maximum absolute atomic E-state index is 13.3. The number of anilines is 2. The van der Waals surface area contributed by atoms with Crippen LogP contribution in [0.4, 0.5) is 11.4 Å². The summed E-state index contributed by atoms with van der Waals surface area (Å²) in [5.74, 6) is -0.0896. The predicted octanol–water partition coefficient (Wildman–Crippen LogP) is 4.58. The number of carbonyl (C=O) groups excluding carboxylic acids is 3. The number of hydrogen-bond donors (Lipinski definition) is 0. The second kappa shape index (κ2) is 9.40. The number of thiophene rings is 1. The van der Waals surface area contributed by atoms with Gasteiger partial charge in [0.05, 0.1) is 9.21 Å².